The van der Waals surface area contributed by atoms with Crippen LogP contribution < -0.4 is 0 Å². The van der Waals surface area contributed by atoms with Crippen LogP contribution in [0.3, 0.4) is 0 Å². The molecule has 0 N–H and O–H groups in total. The van der Waals surface area contributed by atoms with E-state index in [1.807, 2.05) is 0 Å². The first-order valence-electron chi connectivity index (χ1n) is 3.07. The largest absolute Gasteiger partial charge is 0.179 e. The molecule has 0 aliphatic rings. The molecular formula is C5H12Br2SSi. The van der Waals surface area contributed by atoms with Crippen LogP contribution in [0.5, 0.6) is 0 Å². The first kappa shape index (κ1) is 10.5. The highest BCUT2D eigenvalue weighted by atomic mass is 79.9. The Kier molecular flexibility index (Phi) is 7.31. The van der Waals surface area contributed by atoms with E-state index in [2.05, 4.69) is 44.5 Å². The monoisotopic (exact) mass is 290 g/mol. The third-order valence-corrected chi connectivity index (χ3v) is 6.56. The summed E-state index contributed by atoms with van der Waals surface area (Å²) in [5, 5.41) is 0. The number of halogens is 2. The van der Waals surface area contributed by atoms with E-state index in [4.69, 9.17) is 0 Å². The molecule has 56 valence electrons. The quantitative estimate of drug-likeness (QED) is 0.457. The number of hydrogen-bond donors (Lipinski definition) is 1. The molecule has 0 rings (SSSR count). The van der Waals surface area contributed by atoms with Gasteiger partial charge in [0.1, 0.15) is 0 Å². The van der Waals surface area contributed by atoms with Crippen molar-refractivity contribution in [1.82, 2.24) is 0 Å². The summed E-state index contributed by atoms with van der Waals surface area (Å²) < 4.78 is 0.525. The Morgan fingerprint density at radius 2 is 2.00 bits per heavy atom. The molecule has 0 spiro atoms. The van der Waals surface area contributed by atoms with Crippen LogP contribution in [0.1, 0.15) is 12.8 Å². The van der Waals surface area contributed by atoms with Gasteiger partial charge in [-0.05, 0) is 17.7 Å². The predicted molar refractivity (Wildman–Crippen MR) is 58.4 cm³/mol. The minimum Gasteiger partial charge on any atom is -0.179 e. The van der Waals surface area contributed by atoms with Crippen molar-refractivity contribution < 1.29 is 0 Å². The molecule has 0 amide bonds. The molecule has 1 atom stereocenters. The van der Waals surface area contributed by atoms with Crippen LogP contribution in [-0.2, 0) is 0 Å². The van der Waals surface area contributed by atoms with E-state index in [1.165, 1.54) is 23.1 Å². The summed E-state index contributed by atoms with van der Waals surface area (Å²) in [5.74, 6) is 1.02. The zero-order valence-corrected chi connectivity index (χ0v) is 11.5. The predicted octanol–water partition coefficient (Wildman–Crippen LogP) is 1.97. The van der Waals surface area contributed by atoms with Crippen molar-refractivity contribution in [2.24, 2.45) is 0 Å². The summed E-state index contributed by atoms with van der Waals surface area (Å²) in [7, 11) is 1.26. The maximum Gasteiger partial charge on any atom is 0.0694 e. The topological polar surface area (TPSA) is 0 Å². The molecule has 1 unspecified atom stereocenters. The molecule has 4 heteroatoms. The number of alkyl halides is 2. The highest BCUT2D eigenvalue weighted by Crippen LogP contribution is 2.25. The molecule has 0 aromatic rings. The van der Waals surface area contributed by atoms with Crippen molar-refractivity contribution in [3.63, 3.8) is 0 Å². The van der Waals surface area contributed by atoms with E-state index < -0.39 is 0 Å². The number of thiol groups is 1. The SMILES string of the molecule is [SiH3]C(CCCS)C(Br)Br. The third-order valence-electron chi connectivity index (χ3n) is 1.25. The number of hydrogen-bond acceptors (Lipinski definition) is 1. The van der Waals surface area contributed by atoms with Crippen LogP contribution in [0.25, 0.3) is 0 Å². The minimum absolute atomic E-state index is 0.525. The van der Waals surface area contributed by atoms with Crippen LogP contribution in [0, 0.1) is 0 Å². The van der Waals surface area contributed by atoms with Crippen molar-refractivity contribution in [3.8, 4) is 0 Å². The van der Waals surface area contributed by atoms with Crippen molar-refractivity contribution in [2.45, 2.75) is 22.1 Å². The second-order valence-electron chi connectivity index (χ2n) is 2.18. The van der Waals surface area contributed by atoms with Gasteiger partial charge in [0.25, 0.3) is 0 Å². The molecular weight excluding hydrogens is 280 g/mol. The van der Waals surface area contributed by atoms with E-state index in [9.17, 15) is 0 Å². The highest BCUT2D eigenvalue weighted by Gasteiger charge is 2.08. The second-order valence-corrected chi connectivity index (χ2v) is 7.31. The molecule has 0 aromatic carbocycles. The van der Waals surface area contributed by atoms with Gasteiger partial charge in [-0.2, -0.15) is 12.6 Å². The molecule has 0 fully saturated rings. The first-order chi connectivity index (χ1) is 4.18. The van der Waals surface area contributed by atoms with Gasteiger partial charge in [-0.3, -0.25) is 0 Å². The van der Waals surface area contributed by atoms with Crippen LogP contribution in [0.15, 0.2) is 0 Å². The lowest BCUT2D eigenvalue weighted by Gasteiger charge is -2.10. The zero-order valence-electron chi connectivity index (χ0n) is 5.48. The minimum atomic E-state index is 0.525. The van der Waals surface area contributed by atoms with Crippen molar-refractivity contribution in [2.75, 3.05) is 5.75 Å². The van der Waals surface area contributed by atoms with Gasteiger partial charge in [-0.25, -0.2) is 0 Å². The molecule has 0 aliphatic heterocycles. The van der Waals surface area contributed by atoms with Crippen molar-refractivity contribution in [3.05, 3.63) is 0 Å². The summed E-state index contributed by atoms with van der Waals surface area (Å²) in [4.78, 5) is 0. The normalized spacial score (nSPS) is 14.7. The summed E-state index contributed by atoms with van der Waals surface area (Å²) >= 11 is 11.1. The Bertz CT molecular complexity index is 70.0. The molecule has 0 aromatic heterocycles. The Balaban J connectivity index is 3.16. The second kappa shape index (κ2) is 6.25. The standard InChI is InChI=1S/C5H12Br2SSi/c6-5(7)4(9)2-1-3-8/h4-5,8H,1-3H2,9H3. The van der Waals surface area contributed by atoms with Gasteiger partial charge >= 0.3 is 0 Å². The zero-order chi connectivity index (χ0) is 7.28. The average Bonchev–Trinajstić information content (AvgIpc) is 1.82. The van der Waals surface area contributed by atoms with Gasteiger partial charge in [0.15, 0.2) is 0 Å². The van der Waals surface area contributed by atoms with Gasteiger partial charge in [-0.1, -0.05) is 38.3 Å². The summed E-state index contributed by atoms with van der Waals surface area (Å²) in [6.07, 6.45) is 2.54. The van der Waals surface area contributed by atoms with E-state index in [1.54, 1.807) is 0 Å². The van der Waals surface area contributed by atoms with Gasteiger partial charge in [0.2, 0.25) is 0 Å². The summed E-state index contributed by atoms with van der Waals surface area (Å²) in [6.45, 7) is 0. The first-order valence-corrected chi connectivity index (χ1v) is 6.69. The van der Waals surface area contributed by atoms with Crippen LogP contribution in [-0.4, -0.2) is 19.7 Å². The molecule has 0 radical (unpaired) electrons. The highest BCUT2D eigenvalue weighted by molar-refractivity contribution is 9.24. The van der Waals surface area contributed by atoms with Crippen LogP contribution in [0.4, 0.5) is 0 Å². The van der Waals surface area contributed by atoms with E-state index in [-0.39, 0.29) is 0 Å². The smallest absolute Gasteiger partial charge is 0.0694 e. The van der Waals surface area contributed by atoms with E-state index >= 15 is 0 Å². The Labute approximate surface area is 82.3 Å². The summed E-state index contributed by atoms with van der Waals surface area (Å²) in [5.41, 5.74) is 0.845. The molecule has 0 bridgehead atoms. The molecule has 0 heterocycles. The molecule has 0 saturated carbocycles. The fraction of sp³-hybridized carbons (Fsp3) is 1.00. The fourth-order valence-corrected chi connectivity index (χ4v) is 1.66. The molecule has 9 heavy (non-hydrogen) atoms. The van der Waals surface area contributed by atoms with Gasteiger partial charge in [-0.15, -0.1) is 0 Å². The Morgan fingerprint density at radius 3 is 2.33 bits per heavy atom. The lowest BCUT2D eigenvalue weighted by molar-refractivity contribution is 0.776. The summed E-state index contributed by atoms with van der Waals surface area (Å²) in [6, 6.07) is 0. The maximum atomic E-state index is 4.15. The van der Waals surface area contributed by atoms with Gasteiger partial charge in [0.05, 0.1) is 3.74 Å². The van der Waals surface area contributed by atoms with Crippen LogP contribution >= 0.6 is 44.5 Å². The van der Waals surface area contributed by atoms with E-state index in [0.717, 1.165) is 11.3 Å². The van der Waals surface area contributed by atoms with Crippen molar-refractivity contribution in [1.29, 1.82) is 0 Å². The number of rotatable bonds is 4. The Morgan fingerprint density at radius 1 is 1.44 bits per heavy atom. The van der Waals surface area contributed by atoms with Gasteiger partial charge < -0.3 is 0 Å². The molecule has 0 saturated heterocycles. The Hall–Kier alpha value is 1.53. The molecule has 0 nitrogen and oxygen atoms in total. The van der Waals surface area contributed by atoms with E-state index in [0.29, 0.717) is 3.74 Å². The lowest BCUT2D eigenvalue weighted by atomic mass is 10.3. The van der Waals surface area contributed by atoms with Crippen LogP contribution in [0.2, 0.25) is 5.54 Å². The molecule has 0 aliphatic carbocycles. The lowest BCUT2D eigenvalue weighted by Crippen LogP contribution is -2.00. The van der Waals surface area contributed by atoms with Gasteiger partial charge in [0, 0.05) is 10.2 Å². The third kappa shape index (κ3) is 5.95. The fourth-order valence-electron chi connectivity index (χ4n) is 0.539. The maximum absolute atomic E-state index is 4.15. The average molecular weight is 292 g/mol. The van der Waals surface area contributed by atoms with Crippen molar-refractivity contribution >= 4 is 54.7 Å².